The van der Waals surface area contributed by atoms with Crippen molar-refractivity contribution in [2.24, 2.45) is 0 Å². The minimum absolute atomic E-state index is 0.904. The number of hydrogen-bond donors (Lipinski definition) is 0. The van der Waals surface area contributed by atoms with Crippen molar-refractivity contribution in [2.45, 2.75) is 0 Å². The van der Waals surface area contributed by atoms with Crippen LogP contribution >= 0.6 is 0 Å². The summed E-state index contributed by atoms with van der Waals surface area (Å²) < 4.78 is 0. The highest BCUT2D eigenvalue weighted by Crippen LogP contribution is 2.37. The van der Waals surface area contributed by atoms with E-state index < -0.39 is 0 Å². The van der Waals surface area contributed by atoms with Gasteiger partial charge in [-0.3, -0.25) is 15.0 Å². The summed E-state index contributed by atoms with van der Waals surface area (Å²) in [6, 6.07) is 44.8. The number of rotatable bonds is 5. The van der Waals surface area contributed by atoms with E-state index in [1.165, 1.54) is 21.9 Å². The van der Waals surface area contributed by atoms with E-state index in [0.29, 0.717) is 0 Å². The Kier molecular flexibility index (Phi) is 6.43. The van der Waals surface area contributed by atoms with Gasteiger partial charge in [0.2, 0.25) is 0 Å². The summed E-state index contributed by atoms with van der Waals surface area (Å²) in [4.78, 5) is 18.1. The van der Waals surface area contributed by atoms with Gasteiger partial charge in [-0.15, -0.1) is 0 Å². The fourth-order valence-electron chi connectivity index (χ4n) is 5.94. The first-order chi connectivity index (χ1) is 21.8. The van der Waals surface area contributed by atoms with E-state index in [1.54, 1.807) is 24.8 Å². The van der Waals surface area contributed by atoms with E-state index >= 15 is 0 Å². The molecular weight excluding hydrogens is 536 g/mol. The predicted molar refractivity (Wildman–Crippen MR) is 180 cm³/mol. The fraction of sp³-hybridized carbons (Fsp3) is 0. The molecule has 0 spiro atoms. The van der Waals surface area contributed by atoms with Crippen molar-refractivity contribution in [2.75, 3.05) is 0 Å². The Morgan fingerprint density at radius 3 is 1.59 bits per heavy atom. The third kappa shape index (κ3) is 4.79. The minimum Gasteiger partial charge on any atom is -0.265 e. The summed E-state index contributed by atoms with van der Waals surface area (Å²) in [6.07, 6.45) is 9.08. The number of nitrogens with zero attached hydrogens (tertiary/aromatic N) is 4. The first-order valence-corrected chi connectivity index (χ1v) is 14.6. The smallest absolute Gasteiger partial charge is 0.0780 e. The molecule has 206 valence electrons. The Morgan fingerprint density at radius 2 is 0.932 bits per heavy atom. The van der Waals surface area contributed by atoms with Crippen LogP contribution in [0.5, 0.6) is 0 Å². The van der Waals surface area contributed by atoms with E-state index in [2.05, 4.69) is 112 Å². The van der Waals surface area contributed by atoms with Gasteiger partial charge >= 0.3 is 0 Å². The summed E-state index contributed by atoms with van der Waals surface area (Å²) in [5.74, 6) is 0. The molecular formula is C40H26N4. The Bertz CT molecular complexity index is 2220. The van der Waals surface area contributed by atoms with Gasteiger partial charge in [-0.25, -0.2) is 4.98 Å². The van der Waals surface area contributed by atoms with Gasteiger partial charge in [0, 0.05) is 52.9 Å². The number of aromatic nitrogens is 4. The zero-order valence-electron chi connectivity index (χ0n) is 23.8. The van der Waals surface area contributed by atoms with Gasteiger partial charge in [-0.1, -0.05) is 66.7 Å². The van der Waals surface area contributed by atoms with Gasteiger partial charge < -0.3 is 0 Å². The van der Waals surface area contributed by atoms with Gasteiger partial charge in [0.25, 0.3) is 0 Å². The largest absolute Gasteiger partial charge is 0.265 e. The summed E-state index contributed by atoms with van der Waals surface area (Å²) in [7, 11) is 0. The molecule has 0 radical (unpaired) electrons. The van der Waals surface area contributed by atoms with Gasteiger partial charge in [0.1, 0.15) is 0 Å². The van der Waals surface area contributed by atoms with Crippen LogP contribution in [0.4, 0.5) is 0 Å². The molecule has 4 heterocycles. The molecule has 4 heteroatoms. The normalized spacial score (nSPS) is 11.2. The van der Waals surface area contributed by atoms with Crippen molar-refractivity contribution >= 4 is 21.7 Å². The second-order valence-electron chi connectivity index (χ2n) is 10.8. The molecule has 0 fully saturated rings. The topological polar surface area (TPSA) is 51.6 Å². The highest BCUT2D eigenvalue weighted by Gasteiger charge is 2.12. The first kappa shape index (κ1) is 25.7. The van der Waals surface area contributed by atoms with Crippen LogP contribution in [0.2, 0.25) is 0 Å². The lowest BCUT2D eigenvalue weighted by Gasteiger charge is -2.13. The predicted octanol–water partition coefficient (Wildman–Crippen LogP) is 9.91. The molecule has 0 unspecified atom stereocenters. The Morgan fingerprint density at radius 1 is 0.364 bits per heavy atom. The molecule has 0 bridgehead atoms. The average Bonchev–Trinajstić information content (AvgIpc) is 3.12. The molecule has 0 N–H and O–H groups in total. The molecule has 8 aromatic rings. The zero-order chi connectivity index (χ0) is 29.3. The second kappa shape index (κ2) is 11.0. The standard InChI is InChI=1S/C40H26N4/c1-2-12-36-35(11-1)37(24-33-10-5-17-43-40(33)36)32-9-4-7-30(23-32)29-6-3-8-31(22-29)34-25-38(27-13-18-41-19-14-27)44-39(26-34)28-15-20-42-21-16-28/h1-26H. The van der Waals surface area contributed by atoms with Crippen molar-refractivity contribution in [3.63, 3.8) is 0 Å². The number of pyridine rings is 4. The molecule has 0 saturated carbocycles. The van der Waals surface area contributed by atoms with Crippen molar-refractivity contribution in [1.82, 2.24) is 19.9 Å². The van der Waals surface area contributed by atoms with Crippen LogP contribution in [0.3, 0.4) is 0 Å². The summed E-state index contributed by atoms with van der Waals surface area (Å²) in [6.45, 7) is 0. The Hall–Kier alpha value is -6.00. The fourth-order valence-corrected chi connectivity index (χ4v) is 5.94. The minimum atomic E-state index is 0.904. The van der Waals surface area contributed by atoms with Crippen molar-refractivity contribution in [1.29, 1.82) is 0 Å². The molecule has 4 nitrogen and oxygen atoms in total. The van der Waals surface area contributed by atoms with Gasteiger partial charge in [-0.2, -0.15) is 0 Å². The Balaban J connectivity index is 1.24. The van der Waals surface area contributed by atoms with Crippen molar-refractivity contribution in [3.05, 3.63) is 158 Å². The molecule has 8 rings (SSSR count). The number of fused-ring (bicyclic) bond motifs is 3. The molecule has 0 saturated heterocycles. The van der Waals surface area contributed by atoms with Crippen LogP contribution in [0.1, 0.15) is 0 Å². The highest BCUT2D eigenvalue weighted by atomic mass is 14.7. The molecule has 0 aliphatic rings. The first-order valence-electron chi connectivity index (χ1n) is 14.6. The van der Waals surface area contributed by atoms with Gasteiger partial charge in [0.15, 0.2) is 0 Å². The lowest BCUT2D eigenvalue weighted by molar-refractivity contribution is 1.27. The molecule has 4 aromatic heterocycles. The molecule has 44 heavy (non-hydrogen) atoms. The molecule has 0 aliphatic carbocycles. The lowest BCUT2D eigenvalue weighted by Crippen LogP contribution is -1.92. The Labute approximate surface area is 255 Å². The van der Waals surface area contributed by atoms with Gasteiger partial charge in [-0.05, 0) is 99.4 Å². The van der Waals surface area contributed by atoms with Crippen LogP contribution in [0, 0.1) is 0 Å². The van der Waals surface area contributed by atoms with E-state index in [9.17, 15) is 0 Å². The second-order valence-corrected chi connectivity index (χ2v) is 10.8. The van der Waals surface area contributed by atoms with Crippen LogP contribution in [-0.2, 0) is 0 Å². The molecule has 4 aromatic carbocycles. The SMILES string of the molecule is c1cc(-c2cccc(-c3cc4cccnc4c4ccccc34)c2)cc(-c2cc(-c3ccncc3)nc(-c3ccncc3)c2)c1. The zero-order valence-corrected chi connectivity index (χ0v) is 23.8. The number of hydrogen-bond acceptors (Lipinski definition) is 4. The van der Waals surface area contributed by atoms with Crippen molar-refractivity contribution < 1.29 is 0 Å². The van der Waals surface area contributed by atoms with E-state index in [4.69, 9.17) is 4.98 Å². The third-order valence-corrected chi connectivity index (χ3v) is 8.09. The monoisotopic (exact) mass is 562 g/mol. The highest BCUT2D eigenvalue weighted by molar-refractivity contribution is 6.12. The maximum Gasteiger partial charge on any atom is 0.0780 e. The molecule has 0 amide bonds. The van der Waals surface area contributed by atoms with E-state index in [-0.39, 0.29) is 0 Å². The van der Waals surface area contributed by atoms with Crippen molar-refractivity contribution in [3.8, 4) is 55.9 Å². The maximum absolute atomic E-state index is 5.01. The maximum atomic E-state index is 5.01. The summed E-state index contributed by atoms with van der Waals surface area (Å²) in [5.41, 5.74) is 11.8. The third-order valence-electron chi connectivity index (χ3n) is 8.09. The lowest BCUT2D eigenvalue weighted by atomic mass is 9.92. The van der Waals surface area contributed by atoms with Crippen LogP contribution in [-0.4, -0.2) is 19.9 Å². The van der Waals surface area contributed by atoms with Gasteiger partial charge in [0.05, 0.1) is 16.9 Å². The molecule has 0 atom stereocenters. The molecule has 0 aliphatic heterocycles. The summed E-state index contributed by atoms with van der Waals surface area (Å²) >= 11 is 0. The van der Waals surface area contributed by atoms with Crippen LogP contribution < -0.4 is 0 Å². The number of benzene rings is 4. The summed E-state index contributed by atoms with van der Waals surface area (Å²) in [5, 5.41) is 3.51. The average molecular weight is 563 g/mol. The van der Waals surface area contributed by atoms with E-state index in [1.807, 2.05) is 36.5 Å². The van der Waals surface area contributed by atoms with Crippen LogP contribution in [0.25, 0.3) is 77.6 Å². The van der Waals surface area contributed by atoms with E-state index in [0.717, 1.165) is 55.7 Å². The quantitative estimate of drug-likeness (QED) is 0.196. The van der Waals surface area contributed by atoms with Crippen LogP contribution in [0.15, 0.2) is 158 Å².